The lowest BCUT2D eigenvalue weighted by molar-refractivity contribution is 0.0725. The Hall–Kier alpha value is -2.09. The van der Waals surface area contributed by atoms with E-state index in [0.29, 0.717) is 19.8 Å². The van der Waals surface area contributed by atoms with Crippen LogP contribution in [-0.2, 0) is 27.3 Å². The highest BCUT2D eigenvalue weighted by Gasteiger charge is 2.13. The predicted octanol–water partition coefficient (Wildman–Crippen LogP) is 1.96. The van der Waals surface area contributed by atoms with Gasteiger partial charge in [0, 0.05) is 34.4 Å². The van der Waals surface area contributed by atoms with Crippen LogP contribution < -0.4 is 5.32 Å². The second-order valence-electron chi connectivity index (χ2n) is 5.20. The van der Waals surface area contributed by atoms with E-state index in [4.69, 9.17) is 14.2 Å². The Labute approximate surface area is 143 Å². The fourth-order valence-corrected chi connectivity index (χ4v) is 2.19. The van der Waals surface area contributed by atoms with Crippen molar-refractivity contribution in [3.05, 3.63) is 48.2 Å². The lowest BCUT2D eigenvalue weighted by Crippen LogP contribution is -2.41. The van der Waals surface area contributed by atoms with Crippen molar-refractivity contribution in [2.45, 2.75) is 13.1 Å². The van der Waals surface area contributed by atoms with Gasteiger partial charge in [0.15, 0.2) is 0 Å². The molecule has 0 aromatic heterocycles. The lowest BCUT2D eigenvalue weighted by atomic mass is 10.1. The summed E-state index contributed by atoms with van der Waals surface area (Å²) in [6.07, 6.45) is 1.74. The van der Waals surface area contributed by atoms with E-state index in [1.54, 1.807) is 25.3 Å². The van der Waals surface area contributed by atoms with Gasteiger partial charge in [-0.3, -0.25) is 4.90 Å². The highest BCUT2D eigenvalue weighted by atomic mass is 16.5. The Morgan fingerprint density at radius 2 is 1.79 bits per heavy atom. The number of hydrogen-bond acceptors (Lipinski definition) is 5. The summed E-state index contributed by atoms with van der Waals surface area (Å²) < 4.78 is 15.1. The number of nitrogens with one attached hydrogen (secondary N) is 1. The third-order valence-electron chi connectivity index (χ3n) is 3.24. The second-order valence-corrected chi connectivity index (χ2v) is 5.20. The maximum absolute atomic E-state index is 12.1. The first-order valence-corrected chi connectivity index (χ1v) is 7.58. The molecule has 7 heteroatoms. The van der Waals surface area contributed by atoms with Crippen molar-refractivity contribution in [2.24, 2.45) is 0 Å². The summed E-state index contributed by atoms with van der Waals surface area (Å²) >= 11 is 0. The third kappa shape index (κ3) is 6.99. The topological polar surface area (TPSA) is 63.3 Å². The highest BCUT2D eigenvalue weighted by Crippen LogP contribution is 2.11. The molecule has 1 N–H and O–H groups in total. The Morgan fingerprint density at radius 3 is 2.38 bits per heavy atom. The molecule has 2 amide bonds. The van der Waals surface area contributed by atoms with Crippen LogP contribution in [0.4, 0.5) is 4.79 Å². The van der Waals surface area contributed by atoms with E-state index in [2.05, 4.69) is 18.0 Å². The molecular formula is C17H27N3O4. The summed E-state index contributed by atoms with van der Waals surface area (Å²) in [6.45, 7) is 5.73. The van der Waals surface area contributed by atoms with Crippen LogP contribution in [0.2, 0.25) is 0 Å². The number of hydrogen-bond donors (Lipinski definition) is 1. The van der Waals surface area contributed by atoms with Crippen LogP contribution in [0, 0.1) is 0 Å². The van der Waals surface area contributed by atoms with Crippen molar-refractivity contribution in [2.75, 3.05) is 41.5 Å². The molecule has 1 rings (SSSR count). The molecule has 0 aliphatic carbocycles. The van der Waals surface area contributed by atoms with Crippen LogP contribution in [0.15, 0.2) is 37.0 Å². The number of methoxy groups -OCH3 is 3. The first kappa shape index (κ1) is 20.0. The van der Waals surface area contributed by atoms with E-state index in [1.165, 1.54) is 7.11 Å². The first-order valence-electron chi connectivity index (χ1n) is 7.58. The van der Waals surface area contributed by atoms with E-state index in [0.717, 1.165) is 11.1 Å². The molecule has 0 unspecified atom stereocenters. The number of carbonyl (C=O) groups is 1. The van der Waals surface area contributed by atoms with E-state index in [1.807, 2.05) is 23.1 Å². The lowest BCUT2D eigenvalue weighted by Gasteiger charge is -2.23. The largest absolute Gasteiger partial charge is 0.364 e. The molecule has 1 aromatic carbocycles. The number of benzene rings is 1. The van der Waals surface area contributed by atoms with Gasteiger partial charge < -0.3 is 24.4 Å². The van der Waals surface area contributed by atoms with Gasteiger partial charge in [-0.05, 0) is 17.3 Å². The number of carbonyl (C=O) groups excluding carboxylic acids is 1. The van der Waals surface area contributed by atoms with Crippen LogP contribution in [0.25, 0.3) is 0 Å². The fraction of sp³-hybridized carbons (Fsp3) is 0.471. The van der Waals surface area contributed by atoms with E-state index >= 15 is 0 Å². The molecule has 0 aliphatic rings. The molecule has 0 heterocycles. The Bertz CT molecular complexity index is 510. The van der Waals surface area contributed by atoms with Crippen LogP contribution in [0.3, 0.4) is 0 Å². The van der Waals surface area contributed by atoms with Crippen molar-refractivity contribution in [1.29, 1.82) is 0 Å². The summed E-state index contributed by atoms with van der Waals surface area (Å²) in [5.41, 5.74) is 2.12. The van der Waals surface area contributed by atoms with Gasteiger partial charge in [-0.1, -0.05) is 30.8 Å². The molecule has 0 radical (unpaired) electrons. The van der Waals surface area contributed by atoms with E-state index < -0.39 is 0 Å². The van der Waals surface area contributed by atoms with Crippen LogP contribution >= 0.6 is 0 Å². The maximum atomic E-state index is 12.1. The molecule has 0 bridgehead atoms. The number of rotatable bonds is 11. The number of urea groups is 1. The second kappa shape index (κ2) is 11.4. The maximum Gasteiger partial charge on any atom is 0.321 e. The summed E-state index contributed by atoms with van der Waals surface area (Å²) in [6, 6.07) is 7.79. The van der Waals surface area contributed by atoms with Crippen molar-refractivity contribution < 1.29 is 19.0 Å². The monoisotopic (exact) mass is 337 g/mol. The molecule has 1 aromatic rings. The minimum absolute atomic E-state index is 0.157. The van der Waals surface area contributed by atoms with Gasteiger partial charge in [0.05, 0.1) is 0 Å². The zero-order valence-electron chi connectivity index (χ0n) is 14.7. The molecule has 134 valence electrons. The zero-order chi connectivity index (χ0) is 17.8. The first-order chi connectivity index (χ1) is 11.6. The molecular weight excluding hydrogens is 310 g/mol. The fourth-order valence-electron chi connectivity index (χ4n) is 2.19. The third-order valence-corrected chi connectivity index (χ3v) is 3.24. The quantitative estimate of drug-likeness (QED) is 0.626. The molecule has 0 saturated carbocycles. The van der Waals surface area contributed by atoms with Gasteiger partial charge in [0.2, 0.25) is 0 Å². The van der Waals surface area contributed by atoms with Gasteiger partial charge in [-0.15, -0.1) is 0 Å². The average Bonchev–Trinajstić information content (AvgIpc) is 2.59. The minimum atomic E-state index is -0.240. The van der Waals surface area contributed by atoms with E-state index in [9.17, 15) is 4.79 Å². The van der Waals surface area contributed by atoms with Crippen molar-refractivity contribution in [3.8, 4) is 0 Å². The molecule has 7 nitrogen and oxygen atoms in total. The summed E-state index contributed by atoms with van der Waals surface area (Å²) in [5.74, 6) is 0. The average molecular weight is 337 g/mol. The van der Waals surface area contributed by atoms with Gasteiger partial charge in [-0.2, -0.15) is 0 Å². The van der Waals surface area contributed by atoms with Crippen LogP contribution in [0.5, 0.6) is 0 Å². The van der Waals surface area contributed by atoms with Gasteiger partial charge in [-0.25, -0.2) is 4.79 Å². The molecule has 0 atom stereocenters. The summed E-state index contributed by atoms with van der Waals surface area (Å²) in [7, 11) is 4.73. The van der Waals surface area contributed by atoms with Gasteiger partial charge in [0.25, 0.3) is 0 Å². The Balaban J connectivity index is 2.75. The van der Waals surface area contributed by atoms with Crippen molar-refractivity contribution in [1.82, 2.24) is 15.1 Å². The van der Waals surface area contributed by atoms with Gasteiger partial charge >= 0.3 is 6.03 Å². The summed E-state index contributed by atoms with van der Waals surface area (Å²) in [5, 5.41) is 2.66. The number of nitrogens with zero attached hydrogens (tertiary/aromatic N) is 2. The number of ether oxygens (including phenoxy) is 3. The highest BCUT2D eigenvalue weighted by molar-refractivity contribution is 5.73. The van der Waals surface area contributed by atoms with Gasteiger partial charge in [0.1, 0.15) is 20.2 Å². The molecule has 0 saturated heterocycles. The van der Waals surface area contributed by atoms with Crippen molar-refractivity contribution in [3.63, 3.8) is 0 Å². The van der Waals surface area contributed by atoms with Crippen LogP contribution in [0.1, 0.15) is 11.1 Å². The summed E-state index contributed by atoms with van der Waals surface area (Å²) in [4.78, 5) is 15.6. The molecule has 0 aliphatic heterocycles. The number of amides is 2. The predicted molar refractivity (Wildman–Crippen MR) is 91.9 cm³/mol. The van der Waals surface area contributed by atoms with Crippen LogP contribution in [-0.4, -0.2) is 57.4 Å². The normalized spacial score (nSPS) is 10.3. The van der Waals surface area contributed by atoms with Crippen molar-refractivity contribution >= 4 is 6.03 Å². The Kier molecular flexibility index (Phi) is 9.52. The molecule has 0 spiro atoms. The standard InChI is InChI=1S/C17H27N3O4/c1-5-19(13-23-3)10-15-7-6-8-16(9-15)11-20(14-24-4)17(21)18-12-22-2/h5-9H,1,10-14H2,2-4H3,(H,18,21). The molecule has 0 fully saturated rings. The molecule has 24 heavy (non-hydrogen) atoms. The SMILES string of the molecule is C=CN(COC)Cc1cccc(CN(COC)C(=O)NCOC)c1. The Morgan fingerprint density at radius 1 is 1.12 bits per heavy atom. The zero-order valence-corrected chi connectivity index (χ0v) is 14.7. The smallest absolute Gasteiger partial charge is 0.321 e. The van der Waals surface area contributed by atoms with E-state index in [-0.39, 0.29) is 19.5 Å². The minimum Gasteiger partial charge on any atom is -0.364 e.